The summed E-state index contributed by atoms with van der Waals surface area (Å²) in [7, 11) is 0. The predicted molar refractivity (Wildman–Crippen MR) is 34.6 cm³/mol. The third-order valence-electron chi connectivity index (χ3n) is 0.907. The van der Waals surface area contributed by atoms with E-state index in [0.717, 1.165) is 12.8 Å². The van der Waals surface area contributed by atoms with E-state index < -0.39 is 0 Å². The van der Waals surface area contributed by atoms with Crippen molar-refractivity contribution in [1.29, 1.82) is 0 Å². The fraction of sp³-hybridized carbons (Fsp3) is 0.714. The molecule has 0 fully saturated rings. The monoisotopic (exact) mass is 116 g/mol. The highest BCUT2D eigenvalue weighted by Crippen LogP contribution is 1.91. The number of halogens is 1. The van der Waals surface area contributed by atoms with E-state index in [1.807, 2.05) is 6.08 Å². The Morgan fingerprint density at radius 2 is 2.12 bits per heavy atom. The van der Waals surface area contributed by atoms with Crippen molar-refractivity contribution in [3.63, 3.8) is 0 Å². The molecular formula is C7H13F. The minimum atomic E-state index is -0.186. The molecule has 0 aromatic carbocycles. The lowest BCUT2D eigenvalue weighted by Crippen LogP contribution is -1.70. The lowest BCUT2D eigenvalue weighted by atomic mass is 10.3. The lowest BCUT2D eigenvalue weighted by Gasteiger charge is -1.83. The third kappa shape index (κ3) is 5.67. The summed E-state index contributed by atoms with van der Waals surface area (Å²) in [5.74, 6) is 0. The SMILES string of the molecule is CC/C=C/CCCF. The van der Waals surface area contributed by atoms with Crippen LogP contribution in [0.4, 0.5) is 4.39 Å². The van der Waals surface area contributed by atoms with Gasteiger partial charge in [-0.1, -0.05) is 19.1 Å². The van der Waals surface area contributed by atoms with E-state index in [1.165, 1.54) is 0 Å². The highest BCUT2D eigenvalue weighted by Gasteiger charge is 1.77. The van der Waals surface area contributed by atoms with Crippen molar-refractivity contribution in [1.82, 2.24) is 0 Å². The topological polar surface area (TPSA) is 0 Å². The quantitative estimate of drug-likeness (QED) is 0.391. The van der Waals surface area contributed by atoms with Gasteiger partial charge >= 0.3 is 0 Å². The Labute approximate surface area is 50.4 Å². The summed E-state index contributed by atoms with van der Waals surface area (Å²) in [6.45, 7) is 1.89. The summed E-state index contributed by atoms with van der Waals surface area (Å²) in [6, 6.07) is 0. The maximum atomic E-state index is 11.4. The zero-order valence-electron chi connectivity index (χ0n) is 5.36. The summed E-state index contributed by atoms with van der Waals surface area (Å²) in [5.41, 5.74) is 0. The number of allylic oxidation sites excluding steroid dienone is 2. The molecule has 0 radical (unpaired) electrons. The number of alkyl halides is 1. The molecule has 0 aliphatic rings. The van der Waals surface area contributed by atoms with Gasteiger partial charge < -0.3 is 0 Å². The molecule has 0 saturated heterocycles. The van der Waals surface area contributed by atoms with Crippen LogP contribution in [0.2, 0.25) is 0 Å². The summed E-state index contributed by atoms with van der Waals surface area (Å²) < 4.78 is 11.4. The highest BCUT2D eigenvalue weighted by atomic mass is 19.1. The van der Waals surface area contributed by atoms with Crippen molar-refractivity contribution >= 4 is 0 Å². The van der Waals surface area contributed by atoms with Gasteiger partial charge in [-0.3, -0.25) is 4.39 Å². The van der Waals surface area contributed by atoms with E-state index >= 15 is 0 Å². The molecule has 0 aromatic rings. The first-order valence-corrected chi connectivity index (χ1v) is 3.12. The zero-order chi connectivity index (χ0) is 6.24. The summed E-state index contributed by atoms with van der Waals surface area (Å²) in [6.07, 6.45) is 6.72. The van der Waals surface area contributed by atoms with Crippen molar-refractivity contribution in [3.8, 4) is 0 Å². The predicted octanol–water partition coefficient (Wildman–Crippen LogP) is 2.70. The van der Waals surface area contributed by atoms with Crippen LogP contribution in [0.25, 0.3) is 0 Å². The van der Waals surface area contributed by atoms with Crippen LogP contribution in [0, 0.1) is 0 Å². The Hall–Kier alpha value is -0.330. The molecule has 0 amide bonds. The van der Waals surface area contributed by atoms with E-state index in [4.69, 9.17) is 0 Å². The second-order valence-electron chi connectivity index (χ2n) is 1.71. The fourth-order valence-electron chi connectivity index (χ4n) is 0.480. The molecule has 0 spiro atoms. The Morgan fingerprint density at radius 3 is 2.62 bits per heavy atom. The average Bonchev–Trinajstić information content (AvgIpc) is 1.81. The molecule has 0 unspecified atom stereocenters. The van der Waals surface area contributed by atoms with Crippen molar-refractivity contribution in [2.45, 2.75) is 26.2 Å². The van der Waals surface area contributed by atoms with Gasteiger partial charge in [-0.25, -0.2) is 0 Å². The van der Waals surface area contributed by atoms with Crippen LogP contribution in [0.5, 0.6) is 0 Å². The largest absolute Gasteiger partial charge is 0.251 e. The number of unbranched alkanes of at least 4 members (excludes halogenated alkanes) is 1. The van der Waals surface area contributed by atoms with Crippen LogP contribution in [0.3, 0.4) is 0 Å². The van der Waals surface area contributed by atoms with Crippen LogP contribution >= 0.6 is 0 Å². The molecule has 0 aliphatic carbocycles. The number of hydrogen-bond acceptors (Lipinski definition) is 0. The molecule has 0 rings (SSSR count). The molecule has 0 bridgehead atoms. The summed E-state index contributed by atoms with van der Waals surface area (Å²) in [5, 5.41) is 0. The fourth-order valence-corrected chi connectivity index (χ4v) is 0.480. The van der Waals surface area contributed by atoms with Gasteiger partial charge in [0.2, 0.25) is 0 Å². The standard InChI is InChI=1S/C7H13F/c1-2-3-4-5-6-7-8/h3-4H,2,5-7H2,1H3/b4-3+. The van der Waals surface area contributed by atoms with Gasteiger partial charge in [0.15, 0.2) is 0 Å². The lowest BCUT2D eigenvalue weighted by molar-refractivity contribution is 0.475. The minimum absolute atomic E-state index is 0.186. The van der Waals surface area contributed by atoms with E-state index in [9.17, 15) is 4.39 Å². The summed E-state index contributed by atoms with van der Waals surface area (Å²) >= 11 is 0. The molecule has 1 heteroatoms. The molecule has 48 valence electrons. The second-order valence-corrected chi connectivity index (χ2v) is 1.71. The van der Waals surface area contributed by atoms with Crippen molar-refractivity contribution in [2.75, 3.05) is 6.67 Å². The van der Waals surface area contributed by atoms with Crippen LogP contribution in [-0.2, 0) is 0 Å². The molecule has 0 nitrogen and oxygen atoms in total. The van der Waals surface area contributed by atoms with Gasteiger partial charge in [0, 0.05) is 0 Å². The van der Waals surface area contributed by atoms with Crippen molar-refractivity contribution < 1.29 is 4.39 Å². The normalized spacial score (nSPS) is 10.8. The van der Waals surface area contributed by atoms with Crippen LogP contribution in [-0.4, -0.2) is 6.67 Å². The van der Waals surface area contributed by atoms with E-state index in [-0.39, 0.29) is 6.67 Å². The Kier molecular flexibility index (Phi) is 6.39. The third-order valence-corrected chi connectivity index (χ3v) is 0.907. The van der Waals surface area contributed by atoms with Gasteiger partial charge in [0.1, 0.15) is 0 Å². The molecular weight excluding hydrogens is 103 g/mol. The maximum Gasteiger partial charge on any atom is 0.0897 e. The van der Waals surface area contributed by atoms with E-state index in [0.29, 0.717) is 6.42 Å². The first kappa shape index (κ1) is 7.67. The van der Waals surface area contributed by atoms with Gasteiger partial charge in [0.25, 0.3) is 0 Å². The number of rotatable bonds is 4. The summed E-state index contributed by atoms with van der Waals surface area (Å²) in [4.78, 5) is 0. The smallest absolute Gasteiger partial charge is 0.0897 e. The first-order chi connectivity index (χ1) is 3.91. The van der Waals surface area contributed by atoms with Gasteiger partial charge in [-0.15, -0.1) is 0 Å². The minimum Gasteiger partial charge on any atom is -0.251 e. The van der Waals surface area contributed by atoms with Gasteiger partial charge in [-0.2, -0.15) is 0 Å². The Balaban J connectivity index is 2.80. The van der Waals surface area contributed by atoms with Gasteiger partial charge in [0.05, 0.1) is 6.67 Å². The van der Waals surface area contributed by atoms with Crippen LogP contribution in [0.15, 0.2) is 12.2 Å². The molecule has 0 aliphatic heterocycles. The molecule has 0 atom stereocenters. The first-order valence-electron chi connectivity index (χ1n) is 3.12. The molecule has 0 heterocycles. The van der Waals surface area contributed by atoms with Crippen LogP contribution < -0.4 is 0 Å². The Bertz CT molecular complexity index is 57.4. The molecule has 8 heavy (non-hydrogen) atoms. The van der Waals surface area contributed by atoms with Crippen LogP contribution in [0.1, 0.15) is 26.2 Å². The Morgan fingerprint density at radius 1 is 1.38 bits per heavy atom. The molecule has 0 aromatic heterocycles. The van der Waals surface area contributed by atoms with E-state index in [2.05, 4.69) is 13.0 Å². The van der Waals surface area contributed by atoms with Crippen molar-refractivity contribution in [3.05, 3.63) is 12.2 Å². The number of hydrogen-bond donors (Lipinski definition) is 0. The van der Waals surface area contributed by atoms with E-state index in [1.54, 1.807) is 0 Å². The van der Waals surface area contributed by atoms with Gasteiger partial charge in [-0.05, 0) is 19.3 Å². The maximum absolute atomic E-state index is 11.4. The molecule has 0 saturated carbocycles. The second kappa shape index (κ2) is 6.67. The highest BCUT2D eigenvalue weighted by molar-refractivity contribution is 4.79. The molecule has 0 N–H and O–H groups in total. The van der Waals surface area contributed by atoms with Crippen molar-refractivity contribution in [2.24, 2.45) is 0 Å². The zero-order valence-corrected chi connectivity index (χ0v) is 5.36. The average molecular weight is 116 g/mol.